The number of para-hydroxylation sites is 1. The van der Waals surface area contributed by atoms with Crippen LogP contribution in [0, 0.1) is 0 Å². The van der Waals surface area contributed by atoms with Gasteiger partial charge in [0.15, 0.2) is 0 Å². The zero-order valence-electron chi connectivity index (χ0n) is 13.0. The molecule has 2 aromatic carbocycles. The van der Waals surface area contributed by atoms with Crippen molar-refractivity contribution in [2.75, 3.05) is 26.3 Å². The van der Waals surface area contributed by atoms with E-state index >= 15 is 0 Å². The molecule has 1 N–H and O–H groups in total. The third-order valence-corrected chi connectivity index (χ3v) is 5.36. The van der Waals surface area contributed by atoms with Gasteiger partial charge in [0, 0.05) is 46.0 Å². The Bertz CT molecular complexity index is 778. The topological polar surface area (TPSA) is 28.3 Å². The number of hydrogen-bond donors (Lipinski definition) is 1. The molecule has 1 aromatic heterocycles. The third kappa shape index (κ3) is 3.29. The first-order valence-corrected chi connectivity index (χ1v) is 8.84. The summed E-state index contributed by atoms with van der Waals surface area (Å²) < 4.78 is 5.47. The number of rotatable bonds is 4. The molecule has 118 valence electrons. The number of fused-ring (bicyclic) bond motifs is 1. The average molecular weight is 324 g/mol. The van der Waals surface area contributed by atoms with Crippen molar-refractivity contribution in [3.05, 3.63) is 60.3 Å². The molecule has 0 saturated carbocycles. The summed E-state index contributed by atoms with van der Waals surface area (Å²) in [6, 6.07) is 19.2. The Balaban J connectivity index is 1.69. The molecule has 0 aliphatic carbocycles. The summed E-state index contributed by atoms with van der Waals surface area (Å²) in [5.74, 6) is 0. The number of aromatic amines is 1. The number of hydrogen-bond acceptors (Lipinski definition) is 3. The molecular formula is C19H20N2OS. The van der Waals surface area contributed by atoms with E-state index in [1.165, 1.54) is 26.4 Å². The molecule has 4 rings (SSSR count). The molecule has 0 atom stereocenters. The number of aromatic nitrogens is 1. The normalized spacial score (nSPS) is 16.0. The molecule has 0 spiro atoms. The standard InChI is InChI=1S/C19H20N2OS/c1-2-6-15(7-3-1)23-19-16-8-4-5-9-17(16)20-18(19)14-21-10-12-22-13-11-21/h1-9,20H,10-14H2. The van der Waals surface area contributed by atoms with E-state index in [4.69, 9.17) is 4.74 Å². The maximum Gasteiger partial charge on any atom is 0.0594 e. The highest BCUT2D eigenvalue weighted by atomic mass is 32.2. The van der Waals surface area contributed by atoms with Gasteiger partial charge in [-0.25, -0.2) is 0 Å². The molecule has 0 unspecified atom stereocenters. The van der Waals surface area contributed by atoms with Gasteiger partial charge in [-0.1, -0.05) is 48.2 Å². The van der Waals surface area contributed by atoms with Gasteiger partial charge >= 0.3 is 0 Å². The first-order valence-electron chi connectivity index (χ1n) is 8.03. The lowest BCUT2D eigenvalue weighted by molar-refractivity contribution is 0.0334. The fourth-order valence-electron chi connectivity index (χ4n) is 2.99. The van der Waals surface area contributed by atoms with Crippen molar-refractivity contribution < 1.29 is 4.74 Å². The third-order valence-electron chi connectivity index (χ3n) is 4.18. The van der Waals surface area contributed by atoms with Crippen LogP contribution < -0.4 is 0 Å². The molecule has 0 bridgehead atoms. The summed E-state index contributed by atoms with van der Waals surface area (Å²) in [6.07, 6.45) is 0. The fraction of sp³-hybridized carbons (Fsp3) is 0.263. The molecule has 3 aromatic rings. The van der Waals surface area contributed by atoms with Crippen LogP contribution in [0.15, 0.2) is 64.4 Å². The highest BCUT2D eigenvalue weighted by Crippen LogP contribution is 2.37. The summed E-state index contributed by atoms with van der Waals surface area (Å²) in [5, 5.41) is 1.31. The van der Waals surface area contributed by atoms with Gasteiger partial charge in [0.25, 0.3) is 0 Å². The average Bonchev–Trinajstić information content (AvgIpc) is 2.94. The Morgan fingerprint density at radius 1 is 0.957 bits per heavy atom. The molecule has 0 radical (unpaired) electrons. The van der Waals surface area contributed by atoms with Crippen LogP contribution >= 0.6 is 11.8 Å². The van der Waals surface area contributed by atoms with E-state index < -0.39 is 0 Å². The van der Waals surface area contributed by atoms with E-state index in [0.717, 1.165) is 32.8 Å². The maximum absolute atomic E-state index is 5.47. The Kier molecular flexibility index (Phi) is 4.37. The Labute approximate surface area is 140 Å². The number of nitrogens with one attached hydrogen (secondary N) is 1. The van der Waals surface area contributed by atoms with Crippen LogP contribution in [0.2, 0.25) is 0 Å². The van der Waals surface area contributed by atoms with E-state index in [2.05, 4.69) is 64.5 Å². The molecule has 2 heterocycles. The summed E-state index contributed by atoms with van der Waals surface area (Å²) in [5.41, 5.74) is 2.52. The lowest BCUT2D eigenvalue weighted by Gasteiger charge is -2.26. The van der Waals surface area contributed by atoms with E-state index in [1.54, 1.807) is 0 Å². The first kappa shape index (κ1) is 14.8. The van der Waals surface area contributed by atoms with Gasteiger partial charge in [0.1, 0.15) is 0 Å². The predicted molar refractivity (Wildman–Crippen MR) is 95.0 cm³/mol. The lowest BCUT2D eigenvalue weighted by Crippen LogP contribution is -2.35. The molecule has 1 saturated heterocycles. The molecule has 23 heavy (non-hydrogen) atoms. The second-order valence-corrected chi connectivity index (χ2v) is 6.87. The van der Waals surface area contributed by atoms with Crippen LogP contribution in [0.4, 0.5) is 0 Å². The lowest BCUT2D eigenvalue weighted by atomic mass is 10.2. The Hall–Kier alpha value is -1.75. The fourth-order valence-corrected chi connectivity index (χ4v) is 4.04. The molecule has 3 nitrogen and oxygen atoms in total. The summed E-state index contributed by atoms with van der Waals surface area (Å²) >= 11 is 1.85. The summed E-state index contributed by atoms with van der Waals surface area (Å²) in [6.45, 7) is 4.63. The van der Waals surface area contributed by atoms with E-state index in [9.17, 15) is 0 Å². The molecule has 1 aliphatic heterocycles. The smallest absolute Gasteiger partial charge is 0.0594 e. The van der Waals surface area contributed by atoms with Crippen molar-refractivity contribution in [3.63, 3.8) is 0 Å². The quantitative estimate of drug-likeness (QED) is 0.781. The zero-order valence-corrected chi connectivity index (χ0v) is 13.8. The monoisotopic (exact) mass is 324 g/mol. The van der Waals surface area contributed by atoms with Crippen LogP contribution in [0.25, 0.3) is 10.9 Å². The predicted octanol–water partition coefficient (Wildman–Crippen LogP) is 4.15. The van der Waals surface area contributed by atoms with Gasteiger partial charge in [-0.05, 0) is 18.2 Å². The highest BCUT2D eigenvalue weighted by molar-refractivity contribution is 7.99. The van der Waals surface area contributed by atoms with Crippen molar-refractivity contribution in [2.45, 2.75) is 16.3 Å². The van der Waals surface area contributed by atoms with Crippen LogP contribution in [-0.2, 0) is 11.3 Å². The van der Waals surface area contributed by atoms with Gasteiger partial charge < -0.3 is 9.72 Å². The maximum atomic E-state index is 5.47. The van der Waals surface area contributed by atoms with E-state index in [0.29, 0.717) is 0 Å². The second-order valence-electron chi connectivity index (χ2n) is 5.78. The number of benzene rings is 2. The first-order chi connectivity index (χ1) is 11.4. The Morgan fingerprint density at radius 2 is 1.70 bits per heavy atom. The van der Waals surface area contributed by atoms with Crippen LogP contribution in [0.5, 0.6) is 0 Å². The van der Waals surface area contributed by atoms with E-state index in [1.807, 2.05) is 11.8 Å². The molecule has 1 fully saturated rings. The minimum Gasteiger partial charge on any atom is -0.379 e. The van der Waals surface area contributed by atoms with Gasteiger partial charge in [-0.2, -0.15) is 0 Å². The van der Waals surface area contributed by atoms with Crippen LogP contribution in [0.1, 0.15) is 5.69 Å². The number of nitrogens with zero attached hydrogens (tertiary/aromatic N) is 1. The van der Waals surface area contributed by atoms with Gasteiger partial charge in [-0.3, -0.25) is 4.90 Å². The summed E-state index contributed by atoms with van der Waals surface area (Å²) in [4.78, 5) is 8.71. The van der Waals surface area contributed by atoms with Crippen molar-refractivity contribution >= 4 is 22.7 Å². The largest absolute Gasteiger partial charge is 0.379 e. The van der Waals surface area contributed by atoms with Crippen molar-refractivity contribution in [1.82, 2.24) is 9.88 Å². The van der Waals surface area contributed by atoms with Gasteiger partial charge in [-0.15, -0.1) is 0 Å². The zero-order chi connectivity index (χ0) is 15.5. The number of H-pyrrole nitrogens is 1. The SMILES string of the molecule is c1ccc(Sc2c(CN3CCOCC3)[nH]c3ccccc23)cc1. The number of morpholine rings is 1. The molecule has 1 aliphatic rings. The highest BCUT2D eigenvalue weighted by Gasteiger charge is 2.17. The van der Waals surface area contributed by atoms with Gasteiger partial charge in [0.05, 0.1) is 13.2 Å². The van der Waals surface area contributed by atoms with Crippen molar-refractivity contribution in [1.29, 1.82) is 0 Å². The molecule has 4 heteroatoms. The molecular weight excluding hydrogens is 304 g/mol. The molecule has 0 amide bonds. The van der Waals surface area contributed by atoms with Crippen molar-refractivity contribution in [2.24, 2.45) is 0 Å². The van der Waals surface area contributed by atoms with E-state index in [-0.39, 0.29) is 0 Å². The summed E-state index contributed by atoms with van der Waals surface area (Å²) in [7, 11) is 0. The minimum atomic E-state index is 0.835. The van der Waals surface area contributed by atoms with Crippen LogP contribution in [-0.4, -0.2) is 36.2 Å². The second kappa shape index (κ2) is 6.79. The minimum absolute atomic E-state index is 0.835. The Morgan fingerprint density at radius 3 is 2.52 bits per heavy atom. The van der Waals surface area contributed by atoms with Crippen LogP contribution in [0.3, 0.4) is 0 Å². The van der Waals surface area contributed by atoms with Crippen molar-refractivity contribution in [3.8, 4) is 0 Å². The van der Waals surface area contributed by atoms with Gasteiger partial charge in [0.2, 0.25) is 0 Å². The number of ether oxygens (including phenoxy) is 1.